The number of carbonyl (C=O) groups excluding carboxylic acids is 1. The van der Waals surface area contributed by atoms with Crippen molar-refractivity contribution in [3.05, 3.63) is 29.8 Å². The molecule has 0 radical (unpaired) electrons. The van der Waals surface area contributed by atoms with E-state index in [2.05, 4.69) is 48.5 Å². The lowest BCUT2D eigenvalue weighted by Gasteiger charge is -2.35. The zero-order valence-electron chi connectivity index (χ0n) is 19.8. The van der Waals surface area contributed by atoms with Crippen molar-refractivity contribution in [3.63, 3.8) is 0 Å². The first kappa shape index (κ1) is 27.5. The molecule has 31 heavy (non-hydrogen) atoms. The largest absolute Gasteiger partial charge is 0.497 e. The van der Waals surface area contributed by atoms with Gasteiger partial charge in [0.1, 0.15) is 5.75 Å². The van der Waals surface area contributed by atoms with E-state index < -0.39 is 0 Å². The lowest BCUT2D eigenvalue weighted by molar-refractivity contribution is -0.136. The molecule has 1 aromatic carbocycles. The summed E-state index contributed by atoms with van der Waals surface area (Å²) < 4.78 is 5.23. The van der Waals surface area contributed by atoms with Gasteiger partial charge in [-0.1, -0.05) is 32.9 Å². The predicted octanol–water partition coefficient (Wildman–Crippen LogP) is 4.40. The van der Waals surface area contributed by atoms with Crippen LogP contribution in [-0.2, 0) is 4.79 Å². The number of guanidine groups is 1. The maximum absolute atomic E-state index is 12.6. The van der Waals surface area contributed by atoms with Crippen LogP contribution in [0.1, 0.15) is 64.4 Å². The van der Waals surface area contributed by atoms with Crippen LogP contribution in [0.15, 0.2) is 29.3 Å². The summed E-state index contributed by atoms with van der Waals surface area (Å²) >= 11 is 0. The molecular weight excluding hydrogens is 503 g/mol. The van der Waals surface area contributed by atoms with Gasteiger partial charge in [0.25, 0.3) is 0 Å². The van der Waals surface area contributed by atoms with Crippen LogP contribution in [0.3, 0.4) is 0 Å². The van der Waals surface area contributed by atoms with Crippen molar-refractivity contribution in [2.45, 2.75) is 64.8 Å². The van der Waals surface area contributed by atoms with Gasteiger partial charge in [-0.2, -0.15) is 0 Å². The molecule has 1 saturated heterocycles. The number of likely N-dealkylation sites (tertiary alicyclic amines) is 1. The Labute approximate surface area is 205 Å². The second-order valence-electron chi connectivity index (χ2n) is 8.22. The second kappa shape index (κ2) is 14.5. The van der Waals surface area contributed by atoms with E-state index in [9.17, 15) is 4.79 Å². The van der Waals surface area contributed by atoms with Crippen LogP contribution >= 0.6 is 24.0 Å². The monoisotopic (exact) mass is 544 g/mol. The molecule has 0 aliphatic carbocycles. The Morgan fingerprint density at radius 3 is 2.32 bits per heavy atom. The van der Waals surface area contributed by atoms with Crippen LogP contribution in [0, 0.1) is 5.92 Å². The molecular formula is C24H41IN4O2. The topological polar surface area (TPSA) is 66.0 Å². The molecule has 0 saturated carbocycles. The van der Waals surface area contributed by atoms with Crippen LogP contribution in [0.25, 0.3) is 0 Å². The fourth-order valence-corrected chi connectivity index (χ4v) is 4.03. The number of hydrogen-bond acceptors (Lipinski definition) is 3. The third-order valence-electron chi connectivity index (χ3n) is 6.26. The minimum atomic E-state index is 0. The molecule has 1 aliphatic heterocycles. The minimum Gasteiger partial charge on any atom is -0.497 e. The molecule has 1 aliphatic rings. The van der Waals surface area contributed by atoms with Crippen molar-refractivity contribution in [3.8, 4) is 5.75 Å². The molecule has 2 N–H and O–H groups in total. The number of ether oxygens (including phenoxy) is 1. The van der Waals surface area contributed by atoms with Crippen LogP contribution in [0.2, 0.25) is 0 Å². The molecule has 6 nitrogen and oxygen atoms in total. The van der Waals surface area contributed by atoms with E-state index in [1.54, 1.807) is 7.11 Å². The van der Waals surface area contributed by atoms with E-state index >= 15 is 0 Å². The number of amides is 1. The Hall–Kier alpha value is -1.51. The molecule has 0 aromatic heterocycles. The smallest absolute Gasteiger partial charge is 0.225 e. The van der Waals surface area contributed by atoms with Gasteiger partial charge in [-0.25, -0.2) is 0 Å². The number of piperidine rings is 1. The predicted molar refractivity (Wildman–Crippen MR) is 140 cm³/mol. The number of nitrogens with zero attached hydrogens (tertiary/aromatic N) is 2. The molecule has 0 bridgehead atoms. The standard InChI is InChI=1S/C24H40N4O2.HI/c1-6-19(7-2)23(29)28-16-13-21(14-17-28)27-24(25-4)26-15-12-18(3)20-8-10-22(30-5)11-9-20;/h8-11,18-19,21H,6-7,12-17H2,1-5H3,(H2,25,26,27);1H. The normalized spacial score (nSPS) is 15.9. The van der Waals surface area contributed by atoms with Gasteiger partial charge >= 0.3 is 0 Å². The number of benzene rings is 1. The number of methoxy groups -OCH3 is 1. The van der Waals surface area contributed by atoms with Gasteiger partial charge in [-0.15, -0.1) is 24.0 Å². The van der Waals surface area contributed by atoms with Crippen molar-refractivity contribution >= 4 is 35.8 Å². The van der Waals surface area contributed by atoms with Gasteiger partial charge in [-0.05, 0) is 55.7 Å². The zero-order chi connectivity index (χ0) is 21.9. The molecule has 1 heterocycles. The third kappa shape index (κ3) is 8.50. The molecule has 0 spiro atoms. The van der Waals surface area contributed by atoms with E-state index in [-0.39, 0.29) is 29.9 Å². The summed E-state index contributed by atoms with van der Waals surface area (Å²) in [5.74, 6) is 2.70. The summed E-state index contributed by atoms with van der Waals surface area (Å²) in [7, 11) is 3.50. The van der Waals surface area contributed by atoms with E-state index in [4.69, 9.17) is 4.74 Å². The number of hydrogen-bond donors (Lipinski definition) is 2. The first-order valence-electron chi connectivity index (χ1n) is 11.4. The third-order valence-corrected chi connectivity index (χ3v) is 6.26. The van der Waals surface area contributed by atoms with Crippen LogP contribution in [0.4, 0.5) is 0 Å². The Kier molecular flexibility index (Phi) is 12.9. The lowest BCUT2D eigenvalue weighted by Crippen LogP contribution is -2.50. The fraction of sp³-hybridized carbons (Fsp3) is 0.667. The average Bonchev–Trinajstić information content (AvgIpc) is 2.79. The highest BCUT2D eigenvalue weighted by atomic mass is 127. The molecule has 2 rings (SSSR count). The minimum absolute atomic E-state index is 0. The number of halogens is 1. The summed E-state index contributed by atoms with van der Waals surface area (Å²) in [6.45, 7) is 8.97. The lowest BCUT2D eigenvalue weighted by atomic mass is 9.98. The van der Waals surface area contributed by atoms with Crippen LogP contribution in [-0.4, -0.2) is 56.6 Å². The average molecular weight is 545 g/mol. The number of aliphatic imine (C=N–C) groups is 1. The van der Waals surface area contributed by atoms with Gasteiger partial charge < -0.3 is 20.3 Å². The quantitative estimate of drug-likeness (QED) is 0.275. The van der Waals surface area contributed by atoms with E-state index in [1.807, 2.05) is 24.1 Å². The fourth-order valence-electron chi connectivity index (χ4n) is 4.03. The zero-order valence-corrected chi connectivity index (χ0v) is 22.1. The highest BCUT2D eigenvalue weighted by molar-refractivity contribution is 14.0. The summed E-state index contributed by atoms with van der Waals surface area (Å²) in [5, 5.41) is 6.98. The van der Waals surface area contributed by atoms with E-state index in [1.165, 1.54) is 5.56 Å². The van der Waals surface area contributed by atoms with Gasteiger partial charge in [0, 0.05) is 38.6 Å². The Morgan fingerprint density at radius 1 is 1.19 bits per heavy atom. The van der Waals surface area contributed by atoms with E-state index in [0.29, 0.717) is 17.9 Å². The maximum atomic E-state index is 12.6. The highest BCUT2D eigenvalue weighted by Gasteiger charge is 2.26. The van der Waals surface area contributed by atoms with Crippen molar-refractivity contribution in [1.82, 2.24) is 15.5 Å². The van der Waals surface area contributed by atoms with Crippen molar-refractivity contribution in [1.29, 1.82) is 0 Å². The number of rotatable bonds is 9. The van der Waals surface area contributed by atoms with Gasteiger partial charge in [-0.3, -0.25) is 9.79 Å². The first-order valence-corrected chi connectivity index (χ1v) is 11.4. The Balaban J connectivity index is 0.00000480. The van der Waals surface area contributed by atoms with Crippen LogP contribution in [0.5, 0.6) is 5.75 Å². The van der Waals surface area contributed by atoms with Crippen molar-refractivity contribution in [2.24, 2.45) is 10.9 Å². The molecule has 1 aromatic rings. The molecule has 1 atom stereocenters. The second-order valence-corrected chi connectivity index (χ2v) is 8.22. The Morgan fingerprint density at radius 2 is 1.81 bits per heavy atom. The summed E-state index contributed by atoms with van der Waals surface area (Å²) in [5.41, 5.74) is 1.31. The summed E-state index contributed by atoms with van der Waals surface area (Å²) in [6.07, 6.45) is 4.82. The molecule has 1 fully saturated rings. The summed E-state index contributed by atoms with van der Waals surface area (Å²) in [4.78, 5) is 19.0. The molecule has 1 unspecified atom stereocenters. The van der Waals surface area contributed by atoms with Gasteiger partial charge in [0.15, 0.2) is 5.96 Å². The van der Waals surface area contributed by atoms with E-state index in [0.717, 1.165) is 63.4 Å². The molecule has 176 valence electrons. The number of carbonyl (C=O) groups is 1. The highest BCUT2D eigenvalue weighted by Crippen LogP contribution is 2.21. The van der Waals surface area contributed by atoms with Crippen molar-refractivity contribution < 1.29 is 9.53 Å². The van der Waals surface area contributed by atoms with Crippen LogP contribution < -0.4 is 15.4 Å². The SMILES string of the molecule is CCC(CC)C(=O)N1CCC(NC(=NC)NCCC(C)c2ccc(OC)cc2)CC1.I. The first-order chi connectivity index (χ1) is 14.5. The number of nitrogens with one attached hydrogen (secondary N) is 2. The van der Waals surface area contributed by atoms with Gasteiger partial charge in [0.2, 0.25) is 5.91 Å². The summed E-state index contributed by atoms with van der Waals surface area (Å²) in [6, 6.07) is 8.65. The molecule has 7 heteroatoms. The molecule has 1 amide bonds. The maximum Gasteiger partial charge on any atom is 0.225 e. The van der Waals surface area contributed by atoms with Gasteiger partial charge in [0.05, 0.1) is 7.11 Å². The van der Waals surface area contributed by atoms with Crippen molar-refractivity contribution in [2.75, 3.05) is 33.8 Å². The Bertz CT molecular complexity index is 669.